The smallest absolute Gasteiger partial charge is 0.119 e. The SMILES string of the molecule is CCCC1CNc2c(C)cc(OC)cc2C1. The Morgan fingerprint density at radius 1 is 1.44 bits per heavy atom. The minimum Gasteiger partial charge on any atom is -0.497 e. The van der Waals surface area contributed by atoms with Crippen LogP contribution in [-0.4, -0.2) is 13.7 Å². The number of methoxy groups -OCH3 is 1. The van der Waals surface area contributed by atoms with Gasteiger partial charge in [-0.3, -0.25) is 0 Å². The highest BCUT2D eigenvalue weighted by Crippen LogP contribution is 2.33. The Morgan fingerprint density at radius 2 is 2.25 bits per heavy atom. The summed E-state index contributed by atoms with van der Waals surface area (Å²) in [5, 5.41) is 3.56. The van der Waals surface area contributed by atoms with Crippen molar-refractivity contribution in [3.8, 4) is 5.75 Å². The third-order valence-corrected chi connectivity index (χ3v) is 3.40. The van der Waals surface area contributed by atoms with Gasteiger partial charge >= 0.3 is 0 Å². The number of anilines is 1. The molecule has 1 atom stereocenters. The van der Waals surface area contributed by atoms with Gasteiger partial charge in [-0.1, -0.05) is 13.3 Å². The first-order chi connectivity index (χ1) is 7.74. The Kier molecular flexibility index (Phi) is 3.37. The van der Waals surface area contributed by atoms with Crippen molar-refractivity contribution >= 4 is 5.69 Å². The Labute approximate surface area is 98.0 Å². The van der Waals surface area contributed by atoms with Gasteiger partial charge in [0.15, 0.2) is 0 Å². The van der Waals surface area contributed by atoms with Crippen LogP contribution < -0.4 is 10.1 Å². The Hall–Kier alpha value is -1.18. The molecule has 0 bridgehead atoms. The predicted molar refractivity (Wildman–Crippen MR) is 68.3 cm³/mol. The molecule has 0 radical (unpaired) electrons. The number of aryl methyl sites for hydroxylation is 1. The zero-order valence-electron chi connectivity index (χ0n) is 10.5. The third-order valence-electron chi connectivity index (χ3n) is 3.40. The molecule has 0 saturated carbocycles. The van der Waals surface area contributed by atoms with E-state index in [4.69, 9.17) is 4.74 Å². The lowest BCUT2D eigenvalue weighted by Crippen LogP contribution is -2.23. The van der Waals surface area contributed by atoms with E-state index in [0.717, 1.165) is 18.2 Å². The van der Waals surface area contributed by atoms with Crippen molar-refractivity contribution in [2.24, 2.45) is 5.92 Å². The van der Waals surface area contributed by atoms with Crippen LogP contribution in [0.4, 0.5) is 5.69 Å². The van der Waals surface area contributed by atoms with E-state index < -0.39 is 0 Å². The maximum Gasteiger partial charge on any atom is 0.119 e. The summed E-state index contributed by atoms with van der Waals surface area (Å²) in [6.45, 7) is 5.52. The second kappa shape index (κ2) is 4.77. The van der Waals surface area contributed by atoms with Gasteiger partial charge in [0.2, 0.25) is 0 Å². The van der Waals surface area contributed by atoms with E-state index in [0.29, 0.717) is 0 Å². The molecule has 2 heteroatoms. The number of hydrogen-bond acceptors (Lipinski definition) is 2. The highest BCUT2D eigenvalue weighted by atomic mass is 16.5. The number of benzene rings is 1. The van der Waals surface area contributed by atoms with E-state index in [2.05, 4.69) is 31.3 Å². The average molecular weight is 219 g/mol. The number of rotatable bonds is 3. The molecule has 1 aliphatic heterocycles. The van der Waals surface area contributed by atoms with Crippen molar-refractivity contribution in [1.29, 1.82) is 0 Å². The minimum absolute atomic E-state index is 0.781. The van der Waals surface area contributed by atoms with Crippen LogP contribution in [0, 0.1) is 12.8 Å². The molecular weight excluding hydrogens is 198 g/mol. The Morgan fingerprint density at radius 3 is 2.94 bits per heavy atom. The summed E-state index contributed by atoms with van der Waals surface area (Å²) >= 11 is 0. The molecule has 16 heavy (non-hydrogen) atoms. The molecule has 2 nitrogen and oxygen atoms in total. The molecule has 1 heterocycles. The second-order valence-electron chi connectivity index (χ2n) is 4.72. The van der Waals surface area contributed by atoms with E-state index in [1.165, 1.54) is 36.1 Å². The first kappa shape index (κ1) is 11.3. The molecule has 0 spiro atoms. The molecule has 1 aromatic rings. The largest absolute Gasteiger partial charge is 0.497 e. The molecule has 1 aromatic carbocycles. The quantitative estimate of drug-likeness (QED) is 0.841. The number of hydrogen-bond donors (Lipinski definition) is 1. The second-order valence-corrected chi connectivity index (χ2v) is 4.72. The van der Waals surface area contributed by atoms with Crippen molar-refractivity contribution in [3.63, 3.8) is 0 Å². The summed E-state index contributed by atoms with van der Waals surface area (Å²) in [5.74, 6) is 1.76. The van der Waals surface area contributed by atoms with Crippen LogP contribution in [0.1, 0.15) is 30.9 Å². The molecular formula is C14H21NO. The minimum atomic E-state index is 0.781. The van der Waals surface area contributed by atoms with Gasteiger partial charge in [0.05, 0.1) is 7.11 Å². The average Bonchev–Trinajstić information content (AvgIpc) is 2.29. The molecule has 2 rings (SSSR count). The van der Waals surface area contributed by atoms with Gasteiger partial charge in [-0.15, -0.1) is 0 Å². The van der Waals surface area contributed by atoms with E-state index in [-0.39, 0.29) is 0 Å². The van der Waals surface area contributed by atoms with Gasteiger partial charge in [-0.05, 0) is 48.9 Å². The molecule has 1 aliphatic rings. The summed E-state index contributed by atoms with van der Waals surface area (Å²) in [6, 6.07) is 4.28. The van der Waals surface area contributed by atoms with Gasteiger partial charge in [-0.25, -0.2) is 0 Å². The Bertz CT molecular complexity index is 373. The van der Waals surface area contributed by atoms with Crippen LogP contribution in [0.25, 0.3) is 0 Å². The summed E-state index contributed by atoms with van der Waals surface area (Å²) in [6.07, 6.45) is 3.77. The van der Waals surface area contributed by atoms with Crippen molar-refractivity contribution in [1.82, 2.24) is 0 Å². The zero-order valence-corrected chi connectivity index (χ0v) is 10.5. The van der Waals surface area contributed by atoms with Crippen LogP contribution >= 0.6 is 0 Å². The fourth-order valence-corrected chi connectivity index (χ4v) is 2.60. The molecule has 88 valence electrons. The highest BCUT2D eigenvalue weighted by Gasteiger charge is 2.19. The van der Waals surface area contributed by atoms with Crippen molar-refractivity contribution in [2.45, 2.75) is 33.1 Å². The molecule has 0 amide bonds. The standard InChI is InChI=1S/C14H21NO/c1-4-5-11-7-12-8-13(16-3)6-10(2)14(12)15-9-11/h6,8,11,15H,4-5,7,9H2,1-3H3. The monoisotopic (exact) mass is 219 g/mol. The first-order valence-electron chi connectivity index (χ1n) is 6.16. The summed E-state index contributed by atoms with van der Waals surface area (Å²) in [5.41, 5.74) is 4.04. The first-order valence-corrected chi connectivity index (χ1v) is 6.16. The van der Waals surface area contributed by atoms with Crippen molar-refractivity contribution < 1.29 is 4.74 Å². The lowest BCUT2D eigenvalue weighted by Gasteiger charge is -2.27. The number of fused-ring (bicyclic) bond motifs is 1. The van der Waals surface area contributed by atoms with Crippen LogP contribution in [0.5, 0.6) is 5.75 Å². The van der Waals surface area contributed by atoms with Crippen molar-refractivity contribution in [3.05, 3.63) is 23.3 Å². The van der Waals surface area contributed by atoms with E-state index in [1.54, 1.807) is 7.11 Å². The van der Waals surface area contributed by atoms with E-state index in [1.807, 2.05) is 0 Å². The van der Waals surface area contributed by atoms with Gasteiger partial charge in [0.25, 0.3) is 0 Å². The fourth-order valence-electron chi connectivity index (χ4n) is 2.60. The molecule has 0 saturated heterocycles. The molecule has 0 aliphatic carbocycles. The number of nitrogens with one attached hydrogen (secondary N) is 1. The topological polar surface area (TPSA) is 21.3 Å². The molecule has 1 N–H and O–H groups in total. The van der Waals surface area contributed by atoms with Gasteiger partial charge in [0, 0.05) is 12.2 Å². The maximum absolute atomic E-state index is 5.33. The summed E-state index contributed by atoms with van der Waals surface area (Å²) in [4.78, 5) is 0. The zero-order chi connectivity index (χ0) is 11.5. The van der Waals surface area contributed by atoms with Crippen LogP contribution in [0.2, 0.25) is 0 Å². The maximum atomic E-state index is 5.33. The molecule has 0 fully saturated rings. The van der Waals surface area contributed by atoms with Crippen LogP contribution in [-0.2, 0) is 6.42 Å². The summed E-state index contributed by atoms with van der Waals surface area (Å²) < 4.78 is 5.33. The molecule has 0 aromatic heterocycles. The number of ether oxygens (including phenoxy) is 1. The van der Waals surface area contributed by atoms with Crippen molar-refractivity contribution in [2.75, 3.05) is 19.0 Å². The fraction of sp³-hybridized carbons (Fsp3) is 0.571. The predicted octanol–water partition coefficient (Wildman–Crippen LogP) is 3.39. The molecule has 1 unspecified atom stereocenters. The lowest BCUT2D eigenvalue weighted by molar-refractivity contribution is 0.412. The van der Waals surface area contributed by atoms with Gasteiger partial charge < -0.3 is 10.1 Å². The summed E-state index contributed by atoms with van der Waals surface area (Å²) in [7, 11) is 1.74. The highest BCUT2D eigenvalue weighted by molar-refractivity contribution is 5.61. The van der Waals surface area contributed by atoms with Gasteiger partial charge in [-0.2, -0.15) is 0 Å². The van der Waals surface area contributed by atoms with E-state index in [9.17, 15) is 0 Å². The third kappa shape index (κ3) is 2.16. The lowest BCUT2D eigenvalue weighted by atomic mass is 9.89. The normalized spacial score (nSPS) is 18.8. The van der Waals surface area contributed by atoms with E-state index >= 15 is 0 Å². The Balaban J connectivity index is 2.25. The van der Waals surface area contributed by atoms with Crippen LogP contribution in [0.3, 0.4) is 0 Å². The van der Waals surface area contributed by atoms with Gasteiger partial charge in [0.1, 0.15) is 5.75 Å². The van der Waals surface area contributed by atoms with Crippen LogP contribution in [0.15, 0.2) is 12.1 Å².